The number of carbonyl (C=O) groups is 2. The molecule has 1 spiro atoms. The van der Waals surface area contributed by atoms with E-state index in [1.165, 1.54) is 27.6 Å². The number of hydrogen-bond donors (Lipinski definition) is 1. The second-order valence-corrected chi connectivity index (χ2v) is 11.2. The van der Waals surface area contributed by atoms with E-state index in [2.05, 4.69) is 5.32 Å². The van der Waals surface area contributed by atoms with Crippen LogP contribution in [0.1, 0.15) is 30.0 Å². The van der Waals surface area contributed by atoms with Crippen LogP contribution < -0.4 is 15.0 Å². The van der Waals surface area contributed by atoms with Crippen molar-refractivity contribution in [3.8, 4) is 5.75 Å². The number of anilines is 1. The van der Waals surface area contributed by atoms with Crippen LogP contribution in [-0.4, -0.2) is 69.2 Å². The fourth-order valence-corrected chi connectivity index (χ4v) is 6.70. The number of para-hydroxylation sites is 1. The fourth-order valence-electron chi connectivity index (χ4n) is 5.39. The van der Waals surface area contributed by atoms with Gasteiger partial charge in [-0.3, -0.25) is 9.59 Å². The fraction of sp³-hybridized carbons (Fsp3) is 0.417. The highest BCUT2D eigenvalue weighted by Gasteiger charge is 2.63. The first-order chi connectivity index (χ1) is 16.3. The number of nitrogens with one attached hydrogen (secondary N) is 1. The Bertz CT molecular complexity index is 1250. The number of nitrogens with zero attached hydrogens (tertiary/aromatic N) is 3. The lowest BCUT2D eigenvalue weighted by molar-refractivity contribution is -0.126. The summed E-state index contributed by atoms with van der Waals surface area (Å²) in [5, 5.41) is 2.86. The average Bonchev–Trinajstić information content (AvgIpc) is 3.33. The van der Waals surface area contributed by atoms with E-state index in [0.717, 1.165) is 5.56 Å². The van der Waals surface area contributed by atoms with Crippen molar-refractivity contribution < 1.29 is 22.7 Å². The smallest absolute Gasteiger partial charge is 0.282 e. The molecule has 34 heavy (non-hydrogen) atoms. The summed E-state index contributed by atoms with van der Waals surface area (Å²) in [4.78, 5) is 28.4. The van der Waals surface area contributed by atoms with E-state index in [9.17, 15) is 18.0 Å². The van der Waals surface area contributed by atoms with Crippen molar-refractivity contribution in [3.05, 3.63) is 59.7 Å². The van der Waals surface area contributed by atoms with Gasteiger partial charge >= 0.3 is 0 Å². The third kappa shape index (κ3) is 3.40. The van der Waals surface area contributed by atoms with Crippen molar-refractivity contribution in [2.75, 3.05) is 45.2 Å². The molecule has 1 saturated heterocycles. The van der Waals surface area contributed by atoms with Crippen LogP contribution in [0.25, 0.3) is 0 Å². The van der Waals surface area contributed by atoms with Crippen molar-refractivity contribution in [1.29, 1.82) is 0 Å². The molecule has 5 rings (SSSR count). The van der Waals surface area contributed by atoms with E-state index in [0.29, 0.717) is 43.0 Å². The van der Waals surface area contributed by atoms with Gasteiger partial charge in [0.15, 0.2) is 0 Å². The van der Waals surface area contributed by atoms with Crippen LogP contribution in [0.3, 0.4) is 0 Å². The van der Waals surface area contributed by atoms with Gasteiger partial charge in [0.25, 0.3) is 10.2 Å². The Kier molecular flexibility index (Phi) is 5.62. The minimum Gasteiger partial charge on any atom is -0.494 e. The quantitative estimate of drug-likeness (QED) is 0.695. The normalized spacial score (nSPS) is 25.4. The topological polar surface area (TPSA) is 99.3 Å². The largest absolute Gasteiger partial charge is 0.494 e. The Labute approximate surface area is 199 Å². The van der Waals surface area contributed by atoms with Crippen LogP contribution in [-0.2, 0) is 25.2 Å². The van der Waals surface area contributed by atoms with Gasteiger partial charge in [-0.2, -0.15) is 17.0 Å². The minimum atomic E-state index is -3.85. The van der Waals surface area contributed by atoms with Crippen LogP contribution >= 0.6 is 0 Å². The van der Waals surface area contributed by atoms with E-state index in [1.54, 1.807) is 0 Å². The number of rotatable bonds is 2. The summed E-state index contributed by atoms with van der Waals surface area (Å²) < 4.78 is 35.3. The molecule has 0 aromatic heterocycles. The van der Waals surface area contributed by atoms with E-state index < -0.39 is 21.7 Å². The molecule has 2 aromatic carbocycles. The standard InChI is InChI=1S/C24H28N4O5S/c1-26(2)34(31,32)28-13-11-24-19-9-3-4-10-20(19)27(23(24)30)16-21(29)25-12-6-14-33-18-8-5-7-17(15-18)22(24)28/h3-5,7-10,15,22H,6,11-14,16H2,1-2H3,(H,25,29)/t22-,24+/m0/s1. The maximum Gasteiger partial charge on any atom is 0.282 e. The lowest BCUT2D eigenvalue weighted by Crippen LogP contribution is -2.49. The van der Waals surface area contributed by atoms with Gasteiger partial charge in [0.1, 0.15) is 12.3 Å². The zero-order valence-corrected chi connectivity index (χ0v) is 20.0. The summed E-state index contributed by atoms with van der Waals surface area (Å²) in [5.41, 5.74) is 0.935. The van der Waals surface area contributed by atoms with Crippen LogP contribution in [0.4, 0.5) is 5.69 Å². The number of amides is 2. The van der Waals surface area contributed by atoms with Crippen molar-refractivity contribution in [3.63, 3.8) is 0 Å². The molecule has 2 aromatic rings. The molecule has 9 nitrogen and oxygen atoms in total. The molecule has 2 atom stereocenters. The summed E-state index contributed by atoms with van der Waals surface area (Å²) in [6, 6.07) is 13.9. The molecule has 3 heterocycles. The average molecular weight is 485 g/mol. The Hall–Kier alpha value is -2.95. The van der Waals surface area contributed by atoms with Gasteiger partial charge in [0.2, 0.25) is 11.8 Å². The Morgan fingerprint density at radius 1 is 1.12 bits per heavy atom. The molecule has 1 fully saturated rings. The van der Waals surface area contributed by atoms with Gasteiger partial charge in [-0.05, 0) is 42.2 Å². The Morgan fingerprint density at radius 3 is 2.71 bits per heavy atom. The first kappa shape index (κ1) is 22.8. The molecular weight excluding hydrogens is 456 g/mol. The Balaban J connectivity index is 1.76. The van der Waals surface area contributed by atoms with Crippen molar-refractivity contribution in [2.45, 2.75) is 24.3 Å². The first-order valence-electron chi connectivity index (χ1n) is 11.4. The van der Waals surface area contributed by atoms with Crippen LogP contribution in [0, 0.1) is 0 Å². The summed E-state index contributed by atoms with van der Waals surface area (Å²) in [7, 11) is -0.867. The van der Waals surface area contributed by atoms with Gasteiger partial charge in [0.05, 0.1) is 18.1 Å². The number of benzene rings is 2. The van der Waals surface area contributed by atoms with Gasteiger partial charge in [0, 0.05) is 32.9 Å². The second-order valence-electron chi connectivity index (χ2n) is 9.06. The molecular formula is C24H28N4O5S. The maximum absolute atomic E-state index is 14.2. The van der Waals surface area contributed by atoms with Crippen molar-refractivity contribution in [1.82, 2.24) is 13.9 Å². The molecule has 180 valence electrons. The van der Waals surface area contributed by atoms with E-state index >= 15 is 0 Å². The summed E-state index contributed by atoms with van der Waals surface area (Å²) in [6.45, 7) is 0.898. The van der Waals surface area contributed by atoms with Crippen LogP contribution in [0.5, 0.6) is 5.75 Å². The number of fused-ring (bicyclic) bond motifs is 6. The van der Waals surface area contributed by atoms with Gasteiger partial charge in [-0.15, -0.1) is 0 Å². The molecule has 10 heteroatoms. The predicted molar refractivity (Wildman–Crippen MR) is 127 cm³/mol. The highest BCUT2D eigenvalue weighted by atomic mass is 32.2. The number of ether oxygens (including phenoxy) is 1. The maximum atomic E-state index is 14.2. The highest BCUT2D eigenvalue weighted by molar-refractivity contribution is 7.86. The SMILES string of the molecule is CN(C)S(=O)(=O)N1CC[C@]23C(=O)N(CC(=O)NCCCOc4cccc(c4)[C@H]12)c1ccccc13. The molecule has 0 radical (unpaired) electrons. The second kappa shape index (κ2) is 8.37. The molecule has 4 bridgehead atoms. The first-order valence-corrected chi connectivity index (χ1v) is 12.8. The van der Waals surface area contributed by atoms with Crippen LogP contribution in [0.2, 0.25) is 0 Å². The van der Waals surface area contributed by atoms with Gasteiger partial charge in [-0.25, -0.2) is 0 Å². The summed E-state index contributed by atoms with van der Waals surface area (Å²) >= 11 is 0. The van der Waals surface area contributed by atoms with Crippen molar-refractivity contribution >= 4 is 27.7 Å². The summed E-state index contributed by atoms with van der Waals surface area (Å²) in [5.74, 6) is 0.0810. The zero-order valence-electron chi connectivity index (χ0n) is 19.2. The minimum absolute atomic E-state index is 0.119. The molecule has 3 aliphatic rings. The lowest BCUT2D eigenvalue weighted by atomic mass is 9.73. The predicted octanol–water partition coefficient (Wildman–Crippen LogP) is 1.42. The monoisotopic (exact) mass is 484 g/mol. The molecule has 0 unspecified atom stereocenters. The van der Waals surface area contributed by atoms with Crippen molar-refractivity contribution in [2.24, 2.45) is 0 Å². The molecule has 3 aliphatic heterocycles. The summed E-state index contributed by atoms with van der Waals surface area (Å²) in [6.07, 6.45) is 0.915. The molecule has 2 amide bonds. The van der Waals surface area contributed by atoms with E-state index in [1.807, 2.05) is 48.5 Å². The van der Waals surface area contributed by atoms with Crippen LogP contribution in [0.15, 0.2) is 48.5 Å². The molecule has 0 aliphatic carbocycles. The van der Waals surface area contributed by atoms with Gasteiger partial charge < -0.3 is 15.0 Å². The Morgan fingerprint density at radius 2 is 1.91 bits per heavy atom. The molecule has 0 saturated carbocycles. The van der Waals surface area contributed by atoms with E-state index in [-0.39, 0.29) is 24.9 Å². The van der Waals surface area contributed by atoms with E-state index in [4.69, 9.17) is 4.74 Å². The number of carbonyl (C=O) groups excluding carboxylic acids is 2. The van der Waals surface area contributed by atoms with Gasteiger partial charge in [-0.1, -0.05) is 30.3 Å². The lowest BCUT2D eigenvalue weighted by Gasteiger charge is -2.35. The molecule has 1 N–H and O–H groups in total. The number of hydrogen-bond acceptors (Lipinski definition) is 5. The zero-order chi connectivity index (χ0) is 24.1. The third-order valence-corrected chi connectivity index (χ3v) is 8.84. The highest BCUT2D eigenvalue weighted by Crippen LogP contribution is 2.57. The third-order valence-electron chi connectivity index (χ3n) is 6.93.